The highest BCUT2D eigenvalue weighted by molar-refractivity contribution is 5.05. The molecule has 0 radical (unpaired) electrons. The third kappa shape index (κ3) is 12.6. The summed E-state index contributed by atoms with van der Waals surface area (Å²) in [5, 5.41) is 9.96. The van der Waals surface area contributed by atoms with Gasteiger partial charge in [-0.25, -0.2) is 0 Å². The van der Waals surface area contributed by atoms with E-state index in [-0.39, 0.29) is 0 Å². The predicted molar refractivity (Wildman–Crippen MR) is 95.6 cm³/mol. The summed E-state index contributed by atoms with van der Waals surface area (Å²) < 4.78 is 0. The second-order valence-electron chi connectivity index (χ2n) is 6.85. The van der Waals surface area contributed by atoms with Crippen LogP contribution in [0.15, 0.2) is 34.9 Å². The van der Waals surface area contributed by atoms with Crippen LogP contribution in [0.2, 0.25) is 0 Å². The molecule has 1 nitrogen and oxygen atoms in total. The Hall–Kier alpha value is -0.820. The largest absolute Gasteiger partial charge is 0.390 e. The molecular weight excluding hydrogens is 256 g/mol. The number of hydrogen-bond donors (Lipinski definition) is 1. The summed E-state index contributed by atoms with van der Waals surface area (Å²) in [5.41, 5.74) is 3.84. The third-order valence-corrected chi connectivity index (χ3v) is 4.06. The van der Waals surface area contributed by atoms with E-state index >= 15 is 0 Å². The molecule has 21 heavy (non-hydrogen) atoms. The van der Waals surface area contributed by atoms with Crippen LogP contribution < -0.4 is 0 Å². The van der Waals surface area contributed by atoms with Gasteiger partial charge in [-0.2, -0.15) is 0 Å². The minimum Gasteiger partial charge on any atom is -0.390 e. The van der Waals surface area contributed by atoms with Crippen molar-refractivity contribution >= 4 is 0 Å². The molecule has 1 heteroatoms. The minimum absolute atomic E-state index is 0.502. The molecule has 0 saturated heterocycles. The summed E-state index contributed by atoms with van der Waals surface area (Å²) in [4.78, 5) is 0. The maximum absolute atomic E-state index is 9.96. The highest BCUT2D eigenvalue weighted by Crippen LogP contribution is 2.18. The van der Waals surface area contributed by atoms with Crippen LogP contribution in [0.5, 0.6) is 0 Å². The smallest absolute Gasteiger partial charge is 0.0620 e. The molecule has 0 aromatic carbocycles. The SMILES string of the molecule is CC[C@](C)(O)CC/C=C(/C)CC/C=C(\C)CCC=C(C)C. The molecule has 0 fully saturated rings. The van der Waals surface area contributed by atoms with E-state index in [9.17, 15) is 5.11 Å². The first-order chi connectivity index (χ1) is 9.76. The maximum atomic E-state index is 9.96. The van der Waals surface area contributed by atoms with Gasteiger partial charge in [0.05, 0.1) is 5.60 Å². The Labute approximate surface area is 132 Å². The van der Waals surface area contributed by atoms with Crippen LogP contribution in [0.4, 0.5) is 0 Å². The molecule has 0 amide bonds. The summed E-state index contributed by atoms with van der Waals surface area (Å²) in [6, 6.07) is 0. The van der Waals surface area contributed by atoms with Crippen molar-refractivity contribution in [3.05, 3.63) is 34.9 Å². The van der Waals surface area contributed by atoms with Crippen LogP contribution in [0.25, 0.3) is 0 Å². The Balaban J connectivity index is 3.96. The second kappa shape index (κ2) is 10.8. The van der Waals surface area contributed by atoms with E-state index in [1.807, 2.05) is 13.8 Å². The van der Waals surface area contributed by atoms with Gasteiger partial charge in [-0.05, 0) is 79.6 Å². The average Bonchev–Trinajstić information content (AvgIpc) is 2.38. The molecule has 0 saturated carbocycles. The first kappa shape index (κ1) is 20.2. The molecule has 1 N–H and O–H groups in total. The standard InChI is InChI=1S/C20H36O/c1-7-20(6,21)16-10-15-19(5)14-9-13-18(4)12-8-11-17(2)3/h11,13,15,21H,7-10,12,14,16H2,1-6H3/b18-13+,19-15-/t20-/m0/s1. The van der Waals surface area contributed by atoms with Crippen molar-refractivity contribution in [1.82, 2.24) is 0 Å². The van der Waals surface area contributed by atoms with Gasteiger partial charge >= 0.3 is 0 Å². The number of hydrogen-bond acceptors (Lipinski definition) is 1. The van der Waals surface area contributed by atoms with Gasteiger partial charge in [-0.15, -0.1) is 0 Å². The van der Waals surface area contributed by atoms with Gasteiger partial charge in [0.2, 0.25) is 0 Å². The molecule has 0 aromatic heterocycles. The van der Waals surface area contributed by atoms with Gasteiger partial charge in [0, 0.05) is 0 Å². The van der Waals surface area contributed by atoms with Gasteiger partial charge in [0.15, 0.2) is 0 Å². The zero-order valence-electron chi connectivity index (χ0n) is 15.1. The monoisotopic (exact) mass is 292 g/mol. The van der Waals surface area contributed by atoms with Gasteiger partial charge in [-0.1, -0.05) is 41.9 Å². The second-order valence-corrected chi connectivity index (χ2v) is 6.85. The Morgan fingerprint density at radius 3 is 1.81 bits per heavy atom. The van der Waals surface area contributed by atoms with Crippen LogP contribution >= 0.6 is 0 Å². The minimum atomic E-state index is -0.502. The normalized spacial score (nSPS) is 15.8. The molecule has 0 spiro atoms. The lowest BCUT2D eigenvalue weighted by Crippen LogP contribution is -2.21. The lowest BCUT2D eigenvalue weighted by Gasteiger charge is -2.20. The molecule has 0 aliphatic heterocycles. The van der Waals surface area contributed by atoms with Crippen molar-refractivity contribution in [2.24, 2.45) is 0 Å². The molecule has 122 valence electrons. The molecule has 0 heterocycles. The van der Waals surface area contributed by atoms with E-state index < -0.39 is 5.60 Å². The van der Waals surface area contributed by atoms with Crippen molar-refractivity contribution in [2.75, 3.05) is 0 Å². The maximum Gasteiger partial charge on any atom is 0.0620 e. The first-order valence-electron chi connectivity index (χ1n) is 8.44. The van der Waals surface area contributed by atoms with Gasteiger partial charge < -0.3 is 5.11 Å². The summed E-state index contributed by atoms with van der Waals surface area (Å²) >= 11 is 0. The van der Waals surface area contributed by atoms with E-state index in [1.165, 1.54) is 23.1 Å². The van der Waals surface area contributed by atoms with Crippen LogP contribution in [0.1, 0.15) is 86.5 Å². The van der Waals surface area contributed by atoms with Gasteiger partial charge in [0.1, 0.15) is 0 Å². The van der Waals surface area contributed by atoms with E-state index in [1.54, 1.807) is 0 Å². The lowest BCUT2D eigenvalue weighted by molar-refractivity contribution is 0.0480. The molecule has 1 atom stereocenters. The summed E-state index contributed by atoms with van der Waals surface area (Å²) in [5.74, 6) is 0. The summed E-state index contributed by atoms with van der Waals surface area (Å²) in [7, 11) is 0. The van der Waals surface area contributed by atoms with Crippen molar-refractivity contribution < 1.29 is 5.11 Å². The Morgan fingerprint density at radius 1 is 0.857 bits per heavy atom. The zero-order valence-corrected chi connectivity index (χ0v) is 15.1. The molecule has 0 aliphatic carbocycles. The fourth-order valence-corrected chi connectivity index (χ4v) is 2.15. The van der Waals surface area contributed by atoms with Crippen molar-refractivity contribution in [1.29, 1.82) is 0 Å². The number of allylic oxidation sites excluding steroid dienone is 6. The van der Waals surface area contributed by atoms with Crippen LogP contribution in [-0.2, 0) is 0 Å². The predicted octanol–water partition coefficient (Wildman–Crippen LogP) is 6.35. The van der Waals surface area contributed by atoms with Crippen LogP contribution in [-0.4, -0.2) is 10.7 Å². The lowest BCUT2D eigenvalue weighted by atomic mass is 9.96. The Kier molecular flexibility index (Phi) is 10.4. The van der Waals surface area contributed by atoms with Gasteiger partial charge in [-0.3, -0.25) is 0 Å². The fraction of sp³-hybridized carbons (Fsp3) is 0.700. The third-order valence-electron chi connectivity index (χ3n) is 4.06. The highest BCUT2D eigenvalue weighted by atomic mass is 16.3. The average molecular weight is 293 g/mol. The van der Waals surface area contributed by atoms with E-state index in [4.69, 9.17) is 0 Å². The first-order valence-corrected chi connectivity index (χ1v) is 8.44. The molecular formula is C20H36O. The van der Waals surface area contributed by atoms with E-state index in [2.05, 4.69) is 45.9 Å². The zero-order chi connectivity index (χ0) is 16.3. The van der Waals surface area contributed by atoms with E-state index in [0.29, 0.717) is 0 Å². The van der Waals surface area contributed by atoms with Crippen molar-refractivity contribution in [2.45, 2.75) is 92.1 Å². The molecule has 0 bridgehead atoms. The topological polar surface area (TPSA) is 20.2 Å². The Bertz CT molecular complexity index is 365. The van der Waals surface area contributed by atoms with Crippen LogP contribution in [0.3, 0.4) is 0 Å². The van der Waals surface area contributed by atoms with Crippen molar-refractivity contribution in [3.8, 4) is 0 Å². The van der Waals surface area contributed by atoms with Crippen LogP contribution in [0, 0.1) is 0 Å². The molecule has 0 aromatic rings. The highest BCUT2D eigenvalue weighted by Gasteiger charge is 2.15. The molecule has 0 rings (SSSR count). The number of rotatable bonds is 10. The molecule has 0 aliphatic rings. The van der Waals surface area contributed by atoms with Crippen molar-refractivity contribution in [3.63, 3.8) is 0 Å². The number of aliphatic hydroxyl groups is 1. The quantitative estimate of drug-likeness (QED) is 0.465. The van der Waals surface area contributed by atoms with E-state index in [0.717, 1.165) is 38.5 Å². The fourth-order valence-electron chi connectivity index (χ4n) is 2.15. The summed E-state index contributed by atoms with van der Waals surface area (Å²) in [6.45, 7) is 12.7. The molecule has 0 unspecified atom stereocenters. The Morgan fingerprint density at radius 2 is 1.33 bits per heavy atom. The summed E-state index contributed by atoms with van der Waals surface area (Å²) in [6.07, 6.45) is 14.2. The van der Waals surface area contributed by atoms with Gasteiger partial charge in [0.25, 0.3) is 0 Å².